The predicted octanol–water partition coefficient (Wildman–Crippen LogP) is 8.03. The fraction of sp³-hybridized carbons (Fsp3) is 0.0952. The quantitative estimate of drug-likeness (QED) is 0.0795. The van der Waals surface area contributed by atoms with Crippen molar-refractivity contribution in [3.63, 3.8) is 0 Å². The zero-order chi connectivity index (χ0) is 36.3. The Morgan fingerprint density at radius 2 is 0.885 bits per heavy atom. The van der Waals surface area contributed by atoms with Crippen LogP contribution in [0.25, 0.3) is 12.2 Å². The van der Waals surface area contributed by atoms with Gasteiger partial charge in [-0.15, -0.1) is 0 Å². The lowest BCUT2D eigenvalue weighted by molar-refractivity contribution is 0.218. The summed E-state index contributed by atoms with van der Waals surface area (Å²) in [4.78, 5) is 0. The fourth-order valence-corrected chi connectivity index (χ4v) is 7.26. The molecular weight excluding hydrogens is 664 g/mol. The second-order valence-electron chi connectivity index (χ2n) is 13.0. The third-order valence-corrected chi connectivity index (χ3v) is 9.58. The molecule has 6 aromatic rings. The van der Waals surface area contributed by atoms with Crippen molar-refractivity contribution in [3.8, 4) is 57.5 Å². The Kier molecular flexibility index (Phi) is 7.72. The Labute approximate surface area is 297 Å². The number of ether oxygens (including phenoxy) is 2. The topological polar surface area (TPSA) is 180 Å². The number of benzene rings is 6. The first-order valence-corrected chi connectivity index (χ1v) is 16.4. The molecule has 0 aliphatic carbocycles. The first-order chi connectivity index (χ1) is 25.0. The molecule has 10 heteroatoms. The third kappa shape index (κ3) is 5.75. The second-order valence-corrected chi connectivity index (χ2v) is 13.0. The van der Waals surface area contributed by atoms with E-state index in [9.17, 15) is 40.9 Å². The van der Waals surface area contributed by atoms with Crippen LogP contribution in [0, 0.1) is 0 Å². The Morgan fingerprint density at radius 1 is 0.385 bits per heavy atom. The van der Waals surface area contributed by atoms with Crippen LogP contribution in [0.3, 0.4) is 0 Å². The highest BCUT2D eigenvalue weighted by Gasteiger charge is 2.43. The molecule has 2 heterocycles. The number of fused-ring (bicyclic) bond motifs is 2. The fourth-order valence-electron chi connectivity index (χ4n) is 7.26. The molecule has 8 rings (SSSR count). The van der Waals surface area contributed by atoms with Crippen molar-refractivity contribution < 1.29 is 50.3 Å². The lowest BCUT2D eigenvalue weighted by Gasteiger charge is -2.22. The van der Waals surface area contributed by atoms with E-state index in [4.69, 9.17) is 9.47 Å². The highest BCUT2D eigenvalue weighted by Crippen LogP contribution is 2.58. The molecule has 260 valence electrons. The average Bonchev–Trinajstić information content (AvgIpc) is 3.68. The molecule has 0 aromatic heterocycles. The van der Waals surface area contributed by atoms with Crippen molar-refractivity contribution in [2.24, 2.45) is 0 Å². The maximum absolute atomic E-state index is 11.8. The molecule has 52 heavy (non-hydrogen) atoms. The van der Waals surface area contributed by atoms with Crippen LogP contribution in [-0.2, 0) is 0 Å². The van der Waals surface area contributed by atoms with E-state index in [2.05, 4.69) is 0 Å². The van der Waals surface area contributed by atoms with Gasteiger partial charge in [0.15, 0.2) is 0 Å². The zero-order valence-electron chi connectivity index (χ0n) is 27.3. The highest BCUT2D eigenvalue weighted by molar-refractivity contribution is 5.75. The van der Waals surface area contributed by atoms with E-state index < -0.39 is 24.0 Å². The van der Waals surface area contributed by atoms with Crippen LogP contribution in [-0.4, -0.2) is 40.9 Å². The van der Waals surface area contributed by atoms with Crippen LogP contribution in [0.2, 0.25) is 0 Å². The van der Waals surface area contributed by atoms with Gasteiger partial charge in [-0.25, -0.2) is 0 Å². The molecule has 0 amide bonds. The summed E-state index contributed by atoms with van der Waals surface area (Å²) in [5.74, 6) is -1.17. The average molecular weight is 697 g/mol. The van der Waals surface area contributed by atoms with E-state index in [1.807, 2.05) is 0 Å². The minimum Gasteiger partial charge on any atom is -0.508 e. The normalized spacial score (nSPS) is 18.8. The van der Waals surface area contributed by atoms with Gasteiger partial charge in [0.1, 0.15) is 69.7 Å². The van der Waals surface area contributed by atoms with Crippen LogP contribution < -0.4 is 9.47 Å². The summed E-state index contributed by atoms with van der Waals surface area (Å²) < 4.78 is 13.1. The van der Waals surface area contributed by atoms with Crippen LogP contribution in [0.15, 0.2) is 109 Å². The molecule has 10 nitrogen and oxygen atoms in total. The summed E-state index contributed by atoms with van der Waals surface area (Å²) in [6.07, 6.45) is 1.92. The van der Waals surface area contributed by atoms with Crippen molar-refractivity contribution in [3.05, 3.63) is 154 Å². The van der Waals surface area contributed by atoms with Crippen LogP contribution >= 0.6 is 0 Å². The lowest BCUT2D eigenvalue weighted by Crippen LogP contribution is -2.11. The Bertz CT molecular complexity index is 2350. The SMILES string of the molecule is Oc1ccc([C@@H]2Oc3cc(C=Cc4ccc(O)cc4O)cc(O)c3[C@H]2c2cc(O)c3c(c2)O[C@@H](c2ccc(O)cc2)[C@@H]3c2cc(O)cc(O)c2)cc1. The van der Waals surface area contributed by atoms with Crippen molar-refractivity contribution >= 4 is 12.2 Å². The first kappa shape index (κ1) is 32.3. The summed E-state index contributed by atoms with van der Waals surface area (Å²) in [7, 11) is 0. The summed E-state index contributed by atoms with van der Waals surface area (Å²) >= 11 is 0. The van der Waals surface area contributed by atoms with E-state index in [0.717, 1.165) is 0 Å². The van der Waals surface area contributed by atoms with Gasteiger partial charge in [-0.1, -0.05) is 36.4 Å². The number of phenols is 8. The van der Waals surface area contributed by atoms with E-state index in [1.54, 1.807) is 66.7 Å². The van der Waals surface area contributed by atoms with Gasteiger partial charge in [-0.05, 0) is 101 Å². The molecule has 0 bridgehead atoms. The summed E-state index contributed by atoms with van der Waals surface area (Å²) in [5.41, 5.74) is 4.34. The van der Waals surface area contributed by atoms with Crippen molar-refractivity contribution in [1.29, 1.82) is 0 Å². The molecular formula is C42H32O10. The second kappa shape index (κ2) is 12.4. The van der Waals surface area contributed by atoms with Gasteiger partial charge in [0.25, 0.3) is 0 Å². The molecule has 4 atom stereocenters. The standard InChI is InChI=1S/C42H32O10/c43-27-8-4-23(5-9-27)41-37(25-15-30(46)19-31(47)16-25)40-34(50)17-26(18-36(40)52-41)38-39-33(49)13-21(1-2-22-3-12-29(45)20-32(22)48)14-35(39)51-42(38)24-6-10-28(44)11-7-24/h1-20,37-38,41-50H/t37-,38-,41+,42+/m1/s1. The molecule has 0 radical (unpaired) electrons. The molecule has 8 N–H and O–H groups in total. The number of hydrogen-bond donors (Lipinski definition) is 8. The molecule has 0 spiro atoms. The smallest absolute Gasteiger partial charge is 0.135 e. The van der Waals surface area contributed by atoms with Crippen LogP contribution in [0.1, 0.15) is 68.6 Å². The van der Waals surface area contributed by atoms with Gasteiger partial charge in [-0.3, -0.25) is 0 Å². The Balaban J connectivity index is 1.25. The first-order valence-electron chi connectivity index (χ1n) is 16.4. The monoisotopic (exact) mass is 696 g/mol. The van der Waals surface area contributed by atoms with Crippen molar-refractivity contribution in [1.82, 2.24) is 0 Å². The van der Waals surface area contributed by atoms with Gasteiger partial charge >= 0.3 is 0 Å². The van der Waals surface area contributed by atoms with E-state index in [0.29, 0.717) is 56.0 Å². The van der Waals surface area contributed by atoms with E-state index in [-0.39, 0.29) is 46.0 Å². The number of rotatable bonds is 6. The molecule has 0 saturated carbocycles. The van der Waals surface area contributed by atoms with Gasteiger partial charge in [0, 0.05) is 28.8 Å². The molecule has 0 fully saturated rings. The summed E-state index contributed by atoms with van der Waals surface area (Å²) in [5, 5.41) is 84.0. The number of aromatic hydroxyl groups is 8. The third-order valence-electron chi connectivity index (χ3n) is 9.58. The van der Waals surface area contributed by atoms with Gasteiger partial charge in [0.2, 0.25) is 0 Å². The Morgan fingerprint density at radius 3 is 1.44 bits per heavy atom. The van der Waals surface area contributed by atoms with Crippen molar-refractivity contribution in [2.45, 2.75) is 24.0 Å². The summed E-state index contributed by atoms with van der Waals surface area (Å²) in [6.45, 7) is 0. The minimum atomic E-state index is -0.714. The predicted molar refractivity (Wildman–Crippen MR) is 191 cm³/mol. The van der Waals surface area contributed by atoms with E-state index in [1.165, 1.54) is 54.6 Å². The van der Waals surface area contributed by atoms with Crippen LogP contribution in [0.5, 0.6) is 57.5 Å². The minimum absolute atomic E-state index is 0.0630. The summed E-state index contributed by atoms with van der Waals surface area (Å²) in [6, 6.07) is 28.1. The molecule has 0 unspecified atom stereocenters. The highest BCUT2D eigenvalue weighted by atomic mass is 16.5. The zero-order valence-corrected chi connectivity index (χ0v) is 27.3. The molecule has 6 aromatic carbocycles. The number of phenolic OH excluding ortho intramolecular Hbond substituents is 8. The van der Waals surface area contributed by atoms with Gasteiger partial charge in [-0.2, -0.15) is 0 Å². The van der Waals surface area contributed by atoms with Crippen LogP contribution in [0.4, 0.5) is 0 Å². The molecule has 0 saturated heterocycles. The van der Waals surface area contributed by atoms with Gasteiger partial charge in [0.05, 0.1) is 11.8 Å². The maximum Gasteiger partial charge on any atom is 0.135 e. The largest absolute Gasteiger partial charge is 0.508 e. The number of hydrogen-bond acceptors (Lipinski definition) is 10. The van der Waals surface area contributed by atoms with Crippen molar-refractivity contribution in [2.75, 3.05) is 0 Å². The van der Waals surface area contributed by atoms with E-state index >= 15 is 0 Å². The molecule has 2 aliphatic rings. The lowest BCUT2D eigenvalue weighted by atomic mass is 9.81. The maximum atomic E-state index is 11.8. The van der Waals surface area contributed by atoms with Gasteiger partial charge < -0.3 is 50.3 Å². The molecule has 2 aliphatic heterocycles. The Hall–Kier alpha value is -6.94.